The fourth-order valence-corrected chi connectivity index (χ4v) is 4.73. The Kier molecular flexibility index (Phi) is 10.2. The Morgan fingerprint density at radius 2 is 1.85 bits per heavy atom. The van der Waals surface area contributed by atoms with Crippen molar-refractivity contribution >= 4 is 23.5 Å². The van der Waals surface area contributed by atoms with Gasteiger partial charge in [0, 0.05) is 48.7 Å². The number of methoxy groups -OCH3 is 1. The second kappa shape index (κ2) is 13.3. The number of carbonyl (C=O) groups excluding carboxylic acids is 3. The SMILES string of the molecule is COC(=O)C1=C(C)NC(C)=C(C(=O)N[C@H](C(=O)OCCN2CCOCC2)C(C)C)[C@@H]1c1cccc([N+](=O)[O-])c1. The van der Waals surface area contributed by atoms with E-state index in [-0.39, 0.29) is 29.4 Å². The van der Waals surface area contributed by atoms with Crippen molar-refractivity contribution in [1.29, 1.82) is 0 Å². The highest BCUT2D eigenvalue weighted by Crippen LogP contribution is 2.39. The highest BCUT2D eigenvalue weighted by atomic mass is 16.6. The molecule has 2 aliphatic rings. The zero-order valence-electron chi connectivity index (χ0n) is 22.9. The van der Waals surface area contributed by atoms with E-state index >= 15 is 0 Å². The maximum Gasteiger partial charge on any atom is 0.336 e. The molecule has 2 aliphatic heterocycles. The lowest BCUT2D eigenvalue weighted by atomic mass is 9.79. The van der Waals surface area contributed by atoms with Crippen LogP contribution in [0.3, 0.4) is 0 Å². The van der Waals surface area contributed by atoms with Gasteiger partial charge in [0.1, 0.15) is 12.6 Å². The van der Waals surface area contributed by atoms with E-state index in [9.17, 15) is 24.5 Å². The third-order valence-electron chi connectivity index (χ3n) is 6.79. The second-order valence-corrected chi connectivity index (χ2v) is 9.80. The van der Waals surface area contributed by atoms with Crippen molar-refractivity contribution in [1.82, 2.24) is 15.5 Å². The van der Waals surface area contributed by atoms with Gasteiger partial charge in [0.15, 0.2) is 0 Å². The number of nitro benzene ring substituents is 1. The normalized spacial score (nSPS) is 18.9. The van der Waals surface area contributed by atoms with Crippen molar-refractivity contribution in [3.63, 3.8) is 0 Å². The van der Waals surface area contributed by atoms with E-state index in [2.05, 4.69) is 15.5 Å². The third kappa shape index (κ3) is 7.21. The lowest BCUT2D eigenvalue weighted by Gasteiger charge is -2.32. The summed E-state index contributed by atoms with van der Waals surface area (Å²) in [6.07, 6.45) is 0. The number of hydrogen-bond donors (Lipinski definition) is 2. The van der Waals surface area contributed by atoms with Crippen LogP contribution in [0.25, 0.3) is 0 Å². The lowest BCUT2D eigenvalue weighted by Crippen LogP contribution is -2.48. The fraction of sp³-hybridized carbons (Fsp3) is 0.519. The predicted octanol–water partition coefficient (Wildman–Crippen LogP) is 2.02. The van der Waals surface area contributed by atoms with Gasteiger partial charge in [-0.15, -0.1) is 0 Å². The van der Waals surface area contributed by atoms with Crippen molar-refractivity contribution in [3.05, 3.63) is 62.5 Å². The summed E-state index contributed by atoms with van der Waals surface area (Å²) >= 11 is 0. The third-order valence-corrected chi connectivity index (χ3v) is 6.79. The first-order chi connectivity index (χ1) is 18.5. The van der Waals surface area contributed by atoms with Crippen molar-refractivity contribution < 1.29 is 33.5 Å². The Morgan fingerprint density at radius 1 is 1.18 bits per heavy atom. The Labute approximate surface area is 227 Å². The van der Waals surface area contributed by atoms with Crippen molar-refractivity contribution in [3.8, 4) is 0 Å². The highest BCUT2D eigenvalue weighted by Gasteiger charge is 2.39. The molecule has 2 heterocycles. The number of morpholine rings is 1. The Balaban J connectivity index is 1.88. The van der Waals surface area contributed by atoms with E-state index in [1.807, 2.05) is 0 Å². The summed E-state index contributed by atoms with van der Waals surface area (Å²) in [6, 6.07) is 4.80. The van der Waals surface area contributed by atoms with Crippen molar-refractivity contribution in [2.45, 2.75) is 39.7 Å². The van der Waals surface area contributed by atoms with E-state index < -0.39 is 34.7 Å². The minimum absolute atomic E-state index is 0.142. The number of nitrogens with one attached hydrogen (secondary N) is 2. The summed E-state index contributed by atoms with van der Waals surface area (Å²) < 4.78 is 15.8. The molecule has 39 heavy (non-hydrogen) atoms. The Hall–Kier alpha value is -3.77. The summed E-state index contributed by atoms with van der Waals surface area (Å²) in [4.78, 5) is 52.7. The van der Waals surface area contributed by atoms with E-state index in [4.69, 9.17) is 14.2 Å². The summed E-state index contributed by atoms with van der Waals surface area (Å²) in [6.45, 7) is 10.4. The topological polar surface area (TPSA) is 149 Å². The van der Waals surface area contributed by atoms with Gasteiger partial charge < -0.3 is 24.8 Å². The number of benzene rings is 1. The number of rotatable bonds is 10. The van der Waals surface area contributed by atoms with Gasteiger partial charge in [-0.25, -0.2) is 9.59 Å². The first-order valence-electron chi connectivity index (χ1n) is 12.8. The van der Waals surface area contributed by atoms with Crippen molar-refractivity contribution in [2.24, 2.45) is 5.92 Å². The van der Waals surface area contributed by atoms with Gasteiger partial charge in [-0.05, 0) is 25.3 Å². The molecule has 0 saturated carbocycles. The highest BCUT2D eigenvalue weighted by molar-refractivity contribution is 6.03. The molecule has 0 aliphatic carbocycles. The standard InChI is InChI=1S/C27H36N4O8/c1-16(2)24(27(34)39-14-11-30-9-12-38-13-10-30)29-25(32)21-17(3)28-18(4)22(26(33)37-5)23(21)19-7-6-8-20(15-19)31(35)36/h6-8,15-16,23-24,28H,9-14H2,1-5H3,(H,29,32)/t23-,24-/m0/s1. The number of non-ortho nitro benzene ring substituents is 1. The quantitative estimate of drug-likeness (QED) is 0.254. The summed E-state index contributed by atoms with van der Waals surface area (Å²) in [5.74, 6) is -3.12. The molecule has 0 aromatic heterocycles. The van der Waals surface area contributed by atoms with Gasteiger partial charge in [-0.3, -0.25) is 19.8 Å². The van der Waals surface area contributed by atoms with Gasteiger partial charge >= 0.3 is 11.9 Å². The second-order valence-electron chi connectivity index (χ2n) is 9.80. The van der Waals surface area contributed by atoms with Gasteiger partial charge in [-0.2, -0.15) is 0 Å². The molecular formula is C27H36N4O8. The number of amides is 1. The molecule has 1 amide bonds. The number of esters is 2. The minimum Gasteiger partial charge on any atom is -0.466 e. The van der Waals surface area contributed by atoms with Gasteiger partial charge in [-0.1, -0.05) is 26.0 Å². The van der Waals surface area contributed by atoms with Crippen LogP contribution in [0.15, 0.2) is 46.8 Å². The molecule has 12 heteroatoms. The van der Waals surface area contributed by atoms with E-state index in [1.165, 1.54) is 25.3 Å². The monoisotopic (exact) mass is 544 g/mol. The van der Waals surface area contributed by atoms with Crippen LogP contribution in [0.4, 0.5) is 5.69 Å². The van der Waals surface area contributed by atoms with Crippen LogP contribution in [0, 0.1) is 16.0 Å². The Bertz CT molecular complexity index is 1170. The molecule has 1 aromatic carbocycles. The number of ether oxygens (including phenoxy) is 3. The number of hydrogen-bond acceptors (Lipinski definition) is 10. The Morgan fingerprint density at radius 3 is 2.46 bits per heavy atom. The zero-order chi connectivity index (χ0) is 28.7. The smallest absolute Gasteiger partial charge is 0.336 e. The fourth-order valence-electron chi connectivity index (χ4n) is 4.73. The first-order valence-corrected chi connectivity index (χ1v) is 12.8. The predicted molar refractivity (Wildman–Crippen MR) is 141 cm³/mol. The number of dihydropyridines is 1. The van der Waals surface area contributed by atoms with Crippen LogP contribution >= 0.6 is 0 Å². The van der Waals surface area contributed by atoms with Gasteiger partial charge in [0.2, 0.25) is 0 Å². The zero-order valence-corrected chi connectivity index (χ0v) is 22.9. The molecule has 2 N–H and O–H groups in total. The maximum atomic E-state index is 13.8. The van der Waals surface area contributed by atoms with Crippen LogP contribution in [0.1, 0.15) is 39.2 Å². The van der Waals surface area contributed by atoms with Gasteiger partial charge in [0.25, 0.3) is 11.6 Å². The average Bonchev–Trinajstić information content (AvgIpc) is 2.91. The molecule has 0 radical (unpaired) electrons. The molecule has 1 saturated heterocycles. The average molecular weight is 545 g/mol. The van der Waals surface area contributed by atoms with Crippen LogP contribution in [-0.2, 0) is 28.6 Å². The van der Waals surface area contributed by atoms with Gasteiger partial charge in [0.05, 0.1) is 36.7 Å². The largest absolute Gasteiger partial charge is 0.466 e. The first kappa shape index (κ1) is 29.8. The van der Waals surface area contributed by atoms with Crippen LogP contribution in [0.5, 0.6) is 0 Å². The summed E-state index contributed by atoms with van der Waals surface area (Å²) in [5, 5.41) is 17.3. The maximum absolute atomic E-state index is 13.8. The number of carbonyl (C=O) groups is 3. The molecule has 212 valence electrons. The molecule has 2 atom stereocenters. The van der Waals surface area contributed by atoms with E-state index in [0.29, 0.717) is 36.7 Å². The number of nitrogens with zero attached hydrogens (tertiary/aromatic N) is 2. The van der Waals surface area contributed by atoms with Crippen LogP contribution < -0.4 is 10.6 Å². The van der Waals surface area contributed by atoms with E-state index in [1.54, 1.807) is 33.8 Å². The molecule has 1 fully saturated rings. The summed E-state index contributed by atoms with van der Waals surface area (Å²) in [5.41, 5.74) is 1.36. The number of nitro groups is 1. The van der Waals surface area contributed by atoms with Crippen LogP contribution in [-0.4, -0.2) is 80.3 Å². The molecule has 1 aromatic rings. The van der Waals surface area contributed by atoms with Crippen molar-refractivity contribution in [2.75, 3.05) is 46.6 Å². The number of allylic oxidation sites excluding steroid dienone is 2. The summed E-state index contributed by atoms with van der Waals surface area (Å²) in [7, 11) is 1.22. The molecule has 0 bridgehead atoms. The molecule has 0 spiro atoms. The molecule has 12 nitrogen and oxygen atoms in total. The van der Waals surface area contributed by atoms with E-state index in [0.717, 1.165) is 13.1 Å². The molecular weight excluding hydrogens is 508 g/mol. The lowest BCUT2D eigenvalue weighted by molar-refractivity contribution is -0.384. The molecule has 3 rings (SSSR count). The molecule has 0 unspecified atom stereocenters. The van der Waals surface area contributed by atoms with Crippen LogP contribution in [0.2, 0.25) is 0 Å². The minimum atomic E-state index is -0.969.